The summed E-state index contributed by atoms with van der Waals surface area (Å²) in [6.45, 7) is 2.25. The van der Waals surface area contributed by atoms with Gasteiger partial charge in [-0.25, -0.2) is 4.39 Å². The average molecular weight is 295 g/mol. The van der Waals surface area contributed by atoms with E-state index in [2.05, 4.69) is 5.32 Å². The standard InChI is InChI=1S/C14H12ClFN2O2/c1-9-2-3-11(16)6-10(9)8-17-12-4-5-13(15)14(7-12)18(19)20/h2-7,17H,8H2,1H3. The molecule has 6 heteroatoms. The van der Waals surface area contributed by atoms with Crippen molar-refractivity contribution in [2.75, 3.05) is 5.32 Å². The van der Waals surface area contributed by atoms with E-state index in [1.165, 1.54) is 24.3 Å². The molecule has 0 fully saturated rings. The molecule has 0 unspecified atom stereocenters. The van der Waals surface area contributed by atoms with E-state index in [9.17, 15) is 14.5 Å². The number of hydrogen-bond acceptors (Lipinski definition) is 3. The summed E-state index contributed by atoms with van der Waals surface area (Å²) in [7, 11) is 0. The Bertz CT molecular complexity index is 662. The Morgan fingerprint density at radius 3 is 2.75 bits per heavy atom. The van der Waals surface area contributed by atoms with Crippen LogP contribution in [0.25, 0.3) is 0 Å². The van der Waals surface area contributed by atoms with Crippen molar-refractivity contribution in [1.82, 2.24) is 0 Å². The Morgan fingerprint density at radius 2 is 2.05 bits per heavy atom. The van der Waals surface area contributed by atoms with Crippen molar-refractivity contribution in [3.63, 3.8) is 0 Å². The molecule has 0 saturated carbocycles. The van der Waals surface area contributed by atoms with Gasteiger partial charge in [0, 0.05) is 18.3 Å². The lowest BCUT2D eigenvalue weighted by Crippen LogP contribution is -2.02. The number of halogens is 2. The SMILES string of the molecule is Cc1ccc(F)cc1CNc1ccc(Cl)c([N+](=O)[O-])c1. The summed E-state index contributed by atoms with van der Waals surface area (Å²) in [6, 6.07) is 8.98. The third-order valence-corrected chi connectivity index (χ3v) is 3.26. The zero-order valence-corrected chi connectivity index (χ0v) is 11.4. The van der Waals surface area contributed by atoms with Crippen LogP contribution in [0.4, 0.5) is 15.8 Å². The zero-order valence-electron chi connectivity index (χ0n) is 10.7. The minimum absolute atomic E-state index is 0.0856. The highest BCUT2D eigenvalue weighted by Crippen LogP contribution is 2.27. The first-order valence-corrected chi connectivity index (χ1v) is 6.28. The Morgan fingerprint density at radius 1 is 1.30 bits per heavy atom. The van der Waals surface area contributed by atoms with Crippen LogP contribution in [0.3, 0.4) is 0 Å². The molecule has 0 aromatic heterocycles. The van der Waals surface area contributed by atoms with Gasteiger partial charge in [-0.2, -0.15) is 0 Å². The highest BCUT2D eigenvalue weighted by atomic mass is 35.5. The summed E-state index contributed by atoms with van der Waals surface area (Å²) in [6.07, 6.45) is 0. The molecule has 0 amide bonds. The normalized spacial score (nSPS) is 10.3. The van der Waals surface area contributed by atoms with Crippen LogP contribution in [-0.2, 0) is 6.54 Å². The third kappa shape index (κ3) is 3.24. The third-order valence-electron chi connectivity index (χ3n) is 2.94. The van der Waals surface area contributed by atoms with E-state index in [4.69, 9.17) is 11.6 Å². The summed E-state index contributed by atoms with van der Waals surface area (Å²) >= 11 is 5.74. The van der Waals surface area contributed by atoms with Gasteiger partial charge in [-0.3, -0.25) is 10.1 Å². The molecule has 0 bridgehead atoms. The van der Waals surface area contributed by atoms with Crippen molar-refractivity contribution >= 4 is 23.0 Å². The Hall–Kier alpha value is -2.14. The molecule has 4 nitrogen and oxygen atoms in total. The van der Waals surface area contributed by atoms with Crippen molar-refractivity contribution in [3.8, 4) is 0 Å². The lowest BCUT2D eigenvalue weighted by molar-refractivity contribution is -0.384. The molecule has 0 aliphatic heterocycles. The minimum Gasteiger partial charge on any atom is -0.381 e. The topological polar surface area (TPSA) is 55.2 Å². The van der Waals surface area contributed by atoms with Gasteiger partial charge in [-0.05, 0) is 42.3 Å². The first kappa shape index (κ1) is 14.3. The number of nitro benzene ring substituents is 1. The van der Waals surface area contributed by atoms with Crippen LogP contribution < -0.4 is 5.32 Å². The Kier molecular flexibility index (Phi) is 4.20. The van der Waals surface area contributed by atoms with Crippen molar-refractivity contribution in [1.29, 1.82) is 0 Å². The summed E-state index contributed by atoms with van der Waals surface area (Å²) < 4.78 is 13.2. The molecule has 20 heavy (non-hydrogen) atoms. The quantitative estimate of drug-likeness (QED) is 0.675. The maximum atomic E-state index is 13.2. The van der Waals surface area contributed by atoms with Gasteiger partial charge >= 0.3 is 0 Å². The molecule has 0 aliphatic carbocycles. The second kappa shape index (κ2) is 5.88. The molecule has 2 rings (SSSR count). The number of anilines is 1. The van der Waals surface area contributed by atoms with Crippen molar-refractivity contribution < 1.29 is 9.31 Å². The van der Waals surface area contributed by atoms with Crippen molar-refractivity contribution in [2.24, 2.45) is 0 Å². The van der Waals surface area contributed by atoms with Crippen LogP contribution >= 0.6 is 11.6 Å². The number of nitrogens with zero attached hydrogens (tertiary/aromatic N) is 1. The predicted octanol–water partition coefficient (Wildman–Crippen LogP) is 4.31. The molecule has 0 radical (unpaired) electrons. The fraction of sp³-hybridized carbons (Fsp3) is 0.143. The van der Waals surface area contributed by atoms with Crippen molar-refractivity contribution in [3.05, 3.63) is 68.5 Å². The lowest BCUT2D eigenvalue weighted by atomic mass is 10.1. The first-order valence-electron chi connectivity index (χ1n) is 5.90. The highest BCUT2D eigenvalue weighted by Gasteiger charge is 2.12. The van der Waals surface area contributed by atoms with Crippen LogP contribution in [0.5, 0.6) is 0 Å². The summed E-state index contributed by atoms with van der Waals surface area (Å²) in [5.41, 5.74) is 2.14. The fourth-order valence-corrected chi connectivity index (χ4v) is 1.98. The van der Waals surface area contributed by atoms with Crippen LogP contribution in [0.2, 0.25) is 5.02 Å². The van der Waals surface area contributed by atoms with E-state index in [0.717, 1.165) is 11.1 Å². The molecular weight excluding hydrogens is 283 g/mol. The predicted molar refractivity (Wildman–Crippen MR) is 76.6 cm³/mol. The fourth-order valence-electron chi connectivity index (χ4n) is 1.79. The number of nitrogens with one attached hydrogen (secondary N) is 1. The van der Waals surface area contributed by atoms with E-state index < -0.39 is 4.92 Å². The molecule has 0 spiro atoms. The van der Waals surface area contributed by atoms with Gasteiger partial charge in [0.25, 0.3) is 5.69 Å². The smallest absolute Gasteiger partial charge is 0.289 e. The second-order valence-electron chi connectivity index (χ2n) is 4.35. The molecule has 0 heterocycles. The number of rotatable bonds is 4. The van der Waals surface area contributed by atoms with Crippen LogP contribution in [0.15, 0.2) is 36.4 Å². The lowest BCUT2D eigenvalue weighted by Gasteiger charge is -2.09. The molecule has 1 N–H and O–H groups in total. The number of aryl methyl sites for hydroxylation is 1. The molecule has 104 valence electrons. The maximum absolute atomic E-state index is 13.2. The maximum Gasteiger partial charge on any atom is 0.289 e. The van der Waals surface area contributed by atoms with E-state index in [1.807, 2.05) is 6.92 Å². The van der Waals surface area contributed by atoms with Gasteiger partial charge in [0.15, 0.2) is 0 Å². The average Bonchev–Trinajstić information content (AvgIpc) is 2.41. The molecule has 0 saturated heterocycles. The van der Waals surface area contributed by atoms with Gasteiger partial charge < -0.3 is 5.32 Å². The van der Waals surface area contributed by atoms with E-state index in [0.29, 0.717) is 12.2 Å². The Labute approximate surface area is 120 Å². The zero-order chi connectivity index (χ0) is 14.7. The molecule has 2 aromatic rings. The minimum atomic E-state index is -0.541. The molecular formula is C14H12ClFN2O2. The van der Waals surface area contributed by atoms with Gasteiger partial charge in [-0.1, -0.05) is 17.7 Å². The highest BCUT2D eigenvalue weighted by molar-refractivity contribution is 6.32. The van der Waals surface area contributed by atoms with Crippen LogP contribution in [-0.4, -0.2) is 4.92 Å². The van der Waals surface area contributed by atoms with Crippen LogP contribution in [0, 0.1) is 22.9 Å². The number of benzene rings is 2. The summed E-state index contributed by atoms with van der Waals surface area (Å²) in [5, 5.41) is 13.9. The first-order chi connectivity index (χ1) is 9.47. The van der Waals surface area contributed by atoms with E-state index in [-0.39, 0.29) is 16.5 Å². The summed E-state index contributed by atoms with van der Waals surface area (Å²) in [5.74, 6) is -0.311. The largest absolute Gasteiger partial charge is 0.381 e. The molecule has 2 aromatic carbocycles. The second-order valence-corrected chi connectivity index (χ2v) is 4.75. The molecule has 0 atom stereocenters. The summed E-state index contributed by atoms with van der Waals surface area (Å²) in [4.78, 5) is 10.3. The van der Waals surface area contributed by atoms with E-state index >= 15 is 0 Å². The van der Waals surface area contributed by atoms with Gasteiger partial charge in [0.1, 0.15) is 10.8 Å². The number of nitro groups is 1. The monoisotopic (exact) mass is 294 g/mol. The molecule has 0 aliphatic rings. The number of hydrogen-bond donors (Lipinski definition) is 1. The van der Waals surface area contributed by atoms with E-state index in [1.54, 1.807) is 12.1 Å². The van der Waals surface area contributed by atoms with Crippen LogP contribution in [0.1, 0.15) is 11.1 Å². The van der Waals surface area contributed by atoms with Gasteiger partial charge in [-0.15, -0.1) is 0 Å². The van der Waals surface area contributed by atoms with Crippen molar-refractivity contribution in [2.45, 2.75) is 13.5 Å². The van der Waals surface area contributed by atoms with Gasteiger partial charge in [0.05, 0.1) is 4.92 Å². The Balaban J connectivity index is 2.17. The van der Waals surface area contributed by atoms with Gasteiger partial charge in [0.2, 0.25) is 0 Å².